The molecule has 0 amide bonds. The number of aromatic amines is 1. The number of dihydropyridines is 1. The molecule has 0 bridgehead atoms. The number of nitro groups is 1. The number of rotatable bonds is 18. The summed E-state index contributed by atoms with van der Waals surface area (Å²) in [4.78, 5) is 37.3. The van der Waals surface area contributed by atoms with Crippen molar-refractivity contribution in [2.45, 2.75) is 91.4 Å². The number of benzene rings is 1. The number of hydrogen-bond acceptors (Lipinski definition) is 9. The molecule has 1 unspecified atom stereocenters. The van der Waals surface area contributed by atoms with E-state index in [2.05, 4.69) is 22.4 Å². The van der Waals surface area contributed by atoms with E-state index < -0.39 is 22.8 Å². The number of esters is 2. The van der Waals surface area contributed by atoms with Crippen molar-refractivity contribution in [2.24, 2.45) is 0 Å². The van der Waals surface area contributed by atoms with Crippen LogP contribution >= 0.6 is 0 Å². The maximum atomic E-state index is 13.4. The number of unbranched alkanes of at least 4 members (excludes halogenated alkanes) is 6. The number of aryl methyl sites for hydroxylation is 1. The van der Waals surface area contributed by atoms with Gasteiger partial charge in [-0.2, -0.15) is 0 Å². The summed E-state index contributed by atoms with van der Waals surface area (Å²) < 4.78 is 16.7. The first kappa shape index (κ1) is 33.4. The number of H-pyrrole nitrogens is 1. The molecule has 0 saturated carbocycles. The molecule has 0 aliphatic carbocycles. The van der Waals surface area contributed by atoms with Gasteiger partial charge >= 0.3 is 11.9 Å². The van der Waals surface area contributed by atoms with Crippen LogP contribution in [0, 0.1) is 10.1 Å². The number of aromatic nitrogens is 2. The number of allylic oxidation sites excluding steroid dienone is 2. The van der Waals surface area contributed by atoms with Gasteiger partial charge in [0.2, 0.25) is 5.88 Å². The van der Waals surface area contributed by atoms with Gasteiger partial charge in [-0.25, -0.2) is 9.59 Å². The van der Waals surface area contributed by atoms with Crippen LogP contribution in [0.15, 0.2) is 52.9 Å². The molecule has 0 spiro atoms. The van der Waals surface area contributed by atoms with Gasteiger partial charge in [-0.1, -0.05) is 38.3 Å². The third-order valence-electron chi connectivity index (χ3n) is 7.32. The lowest BCUT2D eigenvalue weighted by Gasteiger charge is -2.30. The predicted molar refractivity (Wildman–Crippen MR) is 162 cm³/mol. The Morgan fingerprint density at radius 3 is 2.26 bits per heavy atom. The normalized spacial score (nSPS) is 14.8. The molecule has 1 aromatic carbocycles. The Balaban J connectivity index is 1.52. The zero-order chi connectivity index (χ0) is 31.2. The van der Waals surface area contributed by atoms with Crippen LogP contribution in [-0.4, -0.2) is 46.9 Å². The number of nitrogens with one attached hydrogen (secondary N) is 2. The van der Waals surface area contributed by atoms with Crippen molar-refractivity contribution >= 4 is 17.6 Å². The Morgan fingerprint density at radius 2 is 1.58 bits per heavy atom. The average molecular weight is 597 g/mol. The summed E-state index contributed by atoms with van der Waals surface area (Å²) in [6.07, 6.45) is 9.07. The van der Waals surface area contributed by atoms with Gasteiger partial charge in [0.15, 0.2) is 0 Å². The molecule has 0 radical (unpaired) electrons. The Bertz CT molecular complexity index is 1310. The van der Waals surface area contributed by atoms with Crippen molar-refractivity contribution < 1.29 is 28.7 Å². The first-order valence-electron chi connectivity index (χ1n) is 15.2. The van der Waals surface area contributed by atoms with Gasteiger partial charge in [0.1, 0.15) is 0 Å². The monoisotopic (exact) mass is 596 g/mol. The zero-order valence-electron chi connectivity index (χ0n) is 25.7. The van der Waals surface area contributed by atoms with E-state index in [9.17, 15) is 19.7 Å². The first-order valence-corrected chi connectivity index (χ1v) is 15.2. The third-order valence-corrected chi connectivity index (χ3v) is 7.32. The fourth-order valence-electron chi connectivity index (χ4n) is 5.16. The van der Waals surface area contributed by atoms with E-state index in [4.69, 9.17) is 14.2 Å². The number of ether oxygens (including phenoxy) is 3. The standard InChI is InChI=1S/C32H44N4O7/c1-5-7-8-11-16-25-21-27(35-34-25)42-18-12-9-10-13-19-43-32(38)29-23(4)33-22(3)28(31(37)41-6-2)30(29)24-15-14-17-26(20-24)36(39)40/h14-15,17,20-21,30,33H,5-13,16,18-19H2,1-4H3,(H,34,35). The summed E-state index contributed by atoms with van der Waals surface area (Å²) in [5.41, 5.74) is 2.88. The van der Waals surface area contributed by atoms with Gasteiger partial charge in [0.25, 0.3) is 5.69 Å². The van der Waals surface area contributed by atoms with Crippen LogP contribution in [-0.2, 0) is 25.5 Å². The summed E-state index contributed by atoms with van der Waals surface area (Å²) in [7, 11) is 0. The zero-order valence-corrected chi connectivity index (χ0v) is 25.7. The number of hydrogen-bond donors (Lipinski definition) is 2. The highest BCUT2D eigenvalue weighted by atomic mass is 16.6. The maximum absolute atomic E-state index is 13.4. The van der Waals surface area contributed by atoms with Crippen LogP contribution in [0.1, 0.15) is 96.2 Å². The Kier molecular flexibility index (Phi) is 13.3. The largest absolute Gasteiger partial charge is 0.477 e. The molecular formula is C32H44N4O7. The quantitative estimate of drug-likeness (QED) is 0.0861. The second-order valence-electron chi connectivity index (χ2n) is 10.6. The van der Waals surface area contributed by atoms with Crippen LogP contribution in [0.5, 0.6) is 5.88 Å². The van der Waals surface area contributed by atoms with Crippen molar-refractivity contribution in [3.8, 4) is 5.88 Å². The summed E-state index contributed by atoms with van der Waals surface area (Å²) >= 11 is 0. The Hall–Kier alpha value is -4.15. The molecule has 1 atom stereocenters. The summed E-state index contributed by atoms with van der Waals surface area (Å²) in [6.45, 7) is 8.24. The van der Waals surface area contributed by atoms with Crippen molar-refractivity contribution in [1.82, 2.24) is 15.5 Å². The molecule has 11 nitrogen and oxygen atoms in total. The predicted octanol–water partition coefficient (Wildman–Crippen LogP) is 6.42. The molecule has 1 aliphatic heterocycles. The van der Waals surface area contributed by atoms with Gasteiger partial charge in [-0.3, -0.25) is 15.2 Å². The molecule has 2 heterocycles. The van der Waals surface area contributed by atoms with E-state index in [-0.39, 0.29) is 30.0 Å². The molecule has 3 rings (SSSR count). The lowest BCUT2D eigenvalue weighted by atomic mass is 9.80. The second-order valence-corrected chi connectivity index (χ2v) is 10.6. The van der Waals surface area contributed by atoms with E-state index in [1.54, 1.807) is 26.8 Å². The molecule has 0 fully saturated rings. The minimum absolute atomic E-state index is 0.138. The van der Waals surface area contributed by atoms with Crippen molar-refractivity contribution in [3.05, 3.63) is 74.2 Å². The van der Waals surface area contributed by atoms with E-state index in [0.717, 1.165) is 37.8 Å². The minimum Gasteiger partial charge on any atom is -0.477 e. The number of nitro benzene ring substituents is 1. The van der Waals surface area contributed by atoms with Gasteiger partial charge in [0, 0.05) is 35.3 Å². The van der Waals surface area contributed by atoms with E-state index in [1.807, 2.05) is 6.07 Å². The highest BCUT2D eigenvalue weighted by molar-refractivity contribution is 6.00. The van der Waals surface area contributed by atoms with Crippen LogP contribution in [0.25, 0.3) is 0 Å². The van der Waals surface area contributed by atoms with Crippen molar-refractivity contribution in [2.75, 3.05) is 19.8 Å². The lowest BCUT2D eigenvalue weighted by Crippen LogP contribution is -2.32. The summed E-state index contributed by atoms with van der Waals surface area (Å²) in [5, 5.41) is 21.8. The molecule has 1 aliphatic rings. The van der Waals surface area contributed by atoms with Crippen LogP contribution < -0.4 is 10.1 Å². The van der Waals surface area contributed by atoms with E-state index in [1.165, 1.54) is 37.5 Å². The SMILES string of the molecule is CCCCCCc1cc(OCCCCCCOC(=O)C2=C(C)NC(C)=C(C(=O)OCC)C2c2cccc([N+](=O)[O-])c2)n[nH]1. The molecule has 2 N–H and O–H groups in total. The van der Waals surface area contributed by atoms with Gasteiger partial charge < -0.3 is 19.5 Å². The van der Waals surface area contributed by atoms with E-state index >= 15 is 0 Å². The van der Waals surface area contributed by atoms with Crippen molar-refractivity contribution in [3.63, 3.8) is 0 Å². The Morgan fingerprint density at radius 1 is 0.907 bits per heavy atom. The highest BCUT2D eigenvalue weighted by Crippen LogP contribution is 2.40. The maximum Gasteiger partial charge on any atom is 0.336 e. The van der Waals surface area contributed by atoms with Gasteiger partial charge in [-0.15, -0.1) is 5.10 Å². The van der Waals surface area contributed by atoms with Crippen LogP contribution in [0.2, 0.25) is 0 Å². The van der Waals surface area contributed by atoms with Crippen molar-refractivity contribution in [1.29, 1.82) is 0 Å². The first-order chi connectivity index (χ1) is 20.8. The summed E-state index contributed by atoms with van der Waals surface area (Å²) in [6, 6.07) is 7.91. The molecule has 2 aromatic rings. The number of carbonyl (C=O) groups is 2. The summed E-state index contributed by atoms with van der Waals surface area (Å²) in [5.74, 6) is -1.43. The van der Waals surface area contributed by atoms with Crippen LogP contribution in [0.4, 0.5) is 5.69 Å². The molecule has 1 aromatic heterocycles. The molecule has 234 valence electrons. The topological polar surface area (TPSA) is 146 Å². The van der Waals surface area contributed by atoms with Gasteiger partial charge in [-0.05, 0) is 64.9 Å². The molecular weight excluding hydrogens is 552 g/mol. The number of non-ortho nitro benzene ring substituents is 1. The fraction of sp³-hybridized carbons (Fsp3) is 0.531. The molecule has 0 saturated heterocycles. The lowest BCUT2D eigenvalue weighted by molar-refractivity contribution is -0.384. The molecule has 43 heavy (non-hydrogen) atoms. The van der Waals surface area contributed by atoms with Gasteiger partial charge in [0.05, 0.1) is 41.8 Å². The number of carbonyl (C=O) groups excluding carboxylic acids is 2. The molecule has 11 heteroatoms. The van der Waals surface area contributed by atoms with Crippen LogP contribution in [0.3, 0.4) is 0 Å². The fourth-order valence-corrected chi connectivity index (χ4v) is 5.16. The minimum atomic E-state index is -0.872. The third kappa shape index (κ3) is 9.69. The second kappa shape index (κ2) is 17.1. The average Bonchev–Trinajstić information content (AvgIpc) is 3.43. The smallest absolute Gasteiger partial charge is 0.336 e. The highest BCUT2D eigenvalue weighted by Gasteiger charge is 2.38. The van der Waals surface area contributed by atoms with E-state index in [0.29, 0.717) is 35.9 Å². The number of nitrogens with zero attached hydrogens (tertiary/aromatic N) is 2. The Labute approximate surface area is 253 Å².